The molecule has 2 aromatic carbocycles. The number of methoxy groups -OCH3 is 1. The SMILES string of the molecule is CCCCNC(=O)CSc1nc2ccccc2c(=O)n1Cc1ccccc1OC. The van der Waals surface area contributed by atoms with Crippen LogP contribution in [-0.4, -0.2) is 34.9 Å². The number of nitrogens with one attached hydrogen (secondary N) is 1. The number of carbonyl (C=O) groups is 1. The summed E-state index contributed by atoms with van der Waals surface area (Å²) in [5.41, 5.74) is 1.38. The van der Waals surface area contributed by atoms with E-state index >= 15 is 0 Å². The van der Waals surface area contributed by atoms with Crippen molar-refractivity contribution in [1.82, 2.24) is 14.9 Å². The van der Waals surface area contributed by atoms with Gasteiger partial charge in [-0.05, 0) is 24.6 Å². The third-order valence-corrected chi connectivity index (χ3v) is 5.51. The Morgan fingerprint density at radius 3 is 2.72 bits per heavy atom. The van der Waals surface area contributed by atoms with Gasteiger partial charge in [0.25, 0.3) is 5.56 Å². The standard InChI is InChI=1S/C22H25N3O3S/c1-3-4-13-23-20(26)15-29-22-24-18-11-7-6-10-17(18)21(27)25(22)14-16-9-5-8-12-19(16)28-2/h5-12H,3-4,13-15H2,1-2H3,(H,23,26). The maximum absolute atomic E-state index is 13.2. The van der Waals surface area contributed by atoms with Gasteiger partial charge in [0.2, 0.25) is 5.91 Å². The van der Waals surface area contributed by atoms with E-state index in [0.717, 1.165) is 18.4 Å². The van der Waals surface area contributed by atoms with Crippen LogP contribution in [0.1, 0.15) is 25.3 Å². The molecule has 0 spiro atoms. The van der Waals surface area contributed by atoms with Crippen LogP contribution in [0.15, 0.2) is 58.5 Å². The van der Waals surface area contributed by atoms with E-state index in [4.69, 9.17) is 4.74 Å². The Balaban J connectivity index is 1.93. The van der Waals surface area contributed by atoms with Crippen molar-refractivity contribution in [2.45, 2.75) is 31.5 Å². The van der Waals surface area contributed by atoms with Crippen molar-refractivity contribution in [2.75, 3.05) is 19.4 Å². The zero-order valence-electron chi connectivity index (χ0n) is 16.7. The van der Waals surface area contributed by atoms with Crippen LogP contribution < -0.4 is 15.6 Å². The van der Waals surface area contributed by atoms with E-state index in [0.29, 0.717) is 34.9 Å². The highest BCUT2D eigenvalue weighted by Gasteiger charge is 2.15. The summed E-state index contributed by atoms with van der Waals surface area (Å²) in [6, 6.07) is 14.9. The lowest BCUT2D eigenvalue weighted by atomic mass is 10.2. The molecule has 1 N–H and O–H groups in total. The van der Waals surface area contributed by atoms with E-state index in [1.165, 1.54) is 11.8 Å². The molecule has 3 rings (SSSR count). The maximum Gasteiger partial charge on any atom is 0.262 e. The zero-order valence-corrected chi connectivity index (χ0v) is 17.5. The predicted molar refractivity (Wildman–Crippen MR) is 117 cm³/mol. The first-order chi connectivity index (χ1) is 14.1. The molecule has 1 heterocycles. The molecule has 0 saturated heterocycles. The second-order valence-corrected chi connectivity index (χ2v) is 7.55. The molecule has 152 valence electrons. The molecule has 29 heavy (non-hydrogen) atoms. The average molecular weight is 412 g/mol. The van der Waals surface area contributed by atoms with Crippen LogP contribution >= 0.6 is 11.8 Å². The van der Waals surface area contributed by atoms with Gasteiger partial charge >= 0.3 is 0 Å². The van der Waals surface area contributed by atoms with Gasteiger partial charge in [-0.3, -0.25) is 14.2 Å². The molecule has 0 atom stereocenters. The van der Waals surface area contributed by atoms with Gasteiger partial charge in [0, 0.05) is 12.1 Å². The third-order valence-electron chi connectivity index (χ3n) is 4.53. The van der Waals surface area contributed by atoms with Crippen molar-refractivity contribution in [3.63, 3.8) is 0 Å². The van der Waals surface area contributed by atoms with Gasteiger partial charge in [0.05, 0.1) is 30.3 Å². The molecular formula is C22H25N3O3S. The van der Waals surface area contributed by atoms with E-state index in [2.05, 4.69) is 17.2 Å². The maximum atomic E-state index is 13.2. The summed E-state index contributed by atoms with van der Waals surface area (Å²) in [4.78, 5) is 30.0. The number of hydrogen-bond donors (Lipinski definition) is 1. The molecule has 1 amide bonds. The number of aromatic nitrogens is 2. The lowest BCUT2D eigenvalue weighted by Gasteiger charge is -2.15. The largest absolute Gasteiger partial charge is 0.496 e. The van der Waals surface area contributed by atoms with Crippen LogP contribution in [0.5, 0.6) is 5.75 Å². The molecule has 0 aliphatic heterocycles. The van der Waals surface area contributed by atoms with E-state index in [1.54, 1.807) is 17.7 Å². The highest BCUT2D eigenvalue weighted by atomic mass is 32.2. The zero-order chi connectivity index (χ0) is 20.6. The molecule has 7 heteroatoms. The normalized spacial score (nSPS) is 10.8. The number of fused-ring (bicyclic) bond motifs is 1. The van der Waals surface area contributed by atoms with Crippen LogP contribution in [0.3, 0.4) is 0 Å². The van der Waals surface area contributed by atoms with Gasteiger partial charge in [-0.1, -0.05) is 55.4 Å². The fourth-order valence-corrected chi connectivity index (χ4v) is 3.82. The number of hydrogen-bond acceptors (Lipinski definition) is 5. The number of amides is 1. The van der Waals surface area contributed by atoms with Crippen LogP contribution in [0.4, 0.5) is 0 Å². The van der Waals surface area contributed by atoms with Crippen molar-refractivity contribution in [3.05, 3.63) is 64.4 Å². The highest BCUT2D eigenvalue weighted by Crippen LogP contribution is 2.22. The summed E-state index contributed by atoms with van der Waals surface area (Å²) in [7, 11) is 1.61. The molecule has 6 nitrogen and oxygen atoms in total. The summed E-state index contributed by atoms with van der Waals surface area (Å²) >= 11 is 1.27. The third kappa shape index (κ3) is 5.17. The monoisotopic (exact) mass is 411 g/mol. The molecule has 3 aromatic rings. The lowest BCUT2D eigenvalue weighted by molar-refractivity contribution is -0.118. The second-order valence-electron chi connectivity index (χ2n) is 6.61. The summed E-state index contributed by atoms with van der Waals surface area (Å²) in [5, 5.41) is 3.97. The number of rotatable bonds is 9. The van der Waals surface area contributed by atoms with Gasteiger partial charge in [-0.25, -0.2) is 4.98 Å². The summed E-state index contributed by atoms with van der Waals surface area (Å²) in [6.07, 6.45) is 1.97. The van der Waals surface area contributed by atoms with Crippen LogP contribution in [0.25, 0.3) is 10.9 Å². The Morgan fingerprint density at radius 2 is 1.93 bits per heavy atom. The molecule has 0 aliphatic carbocycles. The number of benzene rings is 2. The summed E-state index contributed by atoms with van der Waals surface area (Å²) in [5.74, 6) is 0.857. The van der Waals surface area contributed by atoms with E-state index < -0.39 is 0 Å². The Hall–Kier alpha value is -2.80. The molecular weight excluding hydrogens is 386 g/mol. The topological polar surface area (TPSA) is 73.2 Å². The molecule has 0 aliphatic rings. The Kier molecular flexibility index (Phi) is 7.30. The first-order valence-electron chi connectivity index (χ1n) is 9.65. The Labute approximate surface area is 174 Å². The highest BCUT2D eigenvalue weighted by molar-refractivity contribution is 7.99. The van der Waals surface area contributed by atoms with Crippen molar-refractivity contribution >= 4 is 28.6 Å². The van der Waals surface area contributed by atoms with Gasteiger partial charge < -0.3 is 10.1 Å². The van der Waals surface area contributed by atoms with Gasteiger partial charge in [0.15, 0.2) is 5.16 Å². The first-order valence-corrected chi connectivity index (χ1v) is 10.6. The van der Waals surface area contributed by atoms with Crippen molar-refractivity contribution in [1.29, 1.82) is 0 Å². The average Bonchev–Trinajstić information content (AvgIpc) is 2.75. The lowest BCUT2D eigenvalue weighted by Crippen LogP contribution is -2.28. The number of thioether (sulfide) groups is 1. The Morgan fingerprint density at radius 1 is 1.17 bits per heavy atom. The fourth-order valence-electron chi connectivity index (χ4n) is 2.99. The predicted octanol–water partition coefficient (Wildman–Crippen LogP) is 3.46. The van der Waals surface area contributed by atoms with E-state index in [1.807, 2.05) is 42.5 Å². The minimum absolute atomic E-state index is 0.0605. The molecule has 0 unspecified atom stereocenters. The molecule has 0 bridgehead atoms. The number of nitrogens with zero attached hydrogens (tertiary/aromatic N) is 2. The van der Waals surface area contributed by atoms with E-state index in [9.17, 15) is 9.59 Å². The van der Waals surface area contributed by atoms with Crippen LogP contribution in [0, 0.1) is 0 Å². The first kappa shape index (κ1) is 20.9. The number of carbonyl (C=O) groups excluding carboxylic acids is 1. The van der Waals surface area contributed by atoms with Gasteiger partial charge in [-0.2, -0.15) is 0 Å². The van der Waals surface area contributed by atoms with Crippen molar-refractivity contribution < 1.29 is 9.53 Å². The number of ether oxygens (including phenoxy) is 1. The summed E-state index contributed by atoms with van der Waals surface area (Å²) < 4.78 is 7.05. The fraction of sp³-hybridized carbons (Fsp3) is 0.318. The van der Waals surface area contributed by atoms with E-state index in [-0.39, 0.29) is 17.2 Å². The second kappa shape index (κ2) is 10.1. The van der Waals surface area contributed by atoms with Gasteiger partial charge in [-0.15, -0.1) is 0 Å². The molecule has 0 fully saturated rings. The molecule has 1 aromatic heterocycles. The van der Waals surface area contributed by atoms with Gasteiger partial charge in [0.1, 0.15) is 5.75 Å². The minimum atomic E-state index is -0.129. The van der Waals surface area contributed by atoms with Crippen LogP contribution in [0.2, 0.25) is 0 Å². The molecule has 0 saturated carbocycles. The van der Waals surface area contributed by atoms with Crippen molar-refractivity contribution in [2.24, 2.45) is 0 Å². The Bertz CT molecular complexity index is 1050. The quantitative estimate of drug-likeness (QED) is 0.332. The smallest absolute Gasteiger partial charge is 0.262 e. The number of unbranched alkanes of at least 4 members (excludes halogenated alkanes) is 1. The molecule has 0 radical (unpaired) electrons. The van der Waals surface area contributed by atoms with Crippen molar-refractivity contribution in [3.8, 4) is 5.75 Å². The minimum Gasteiger partial charge on any atom is -0.496 e. The van der Waals surface area contributed by atoms with Crippen LogP contribution in [-0.2, 0) is 11.3 Å². The number of para-hydroxylation sites is 2. The summed E-state index contributed by atoms with van der Waals surface area (Å²) in [6.45, 7) is 3.06.